The lowest BCUT2D eigenvalue weighted by molar-refractivity contribution is 0.415. The molecular formula is C67H61ClN6O6S2. The number of benzene rings is 6. The highest BCUT2D eigenvalue weighted by atomic mass is 35.5. The van der Waals surface area contributed by atoms with Gasteiger partial charge in [-0.25, -0.2) is 15.0 Å². The predicted molar refractivity (Wildman–Crippen MR) is 333 cm³/mol. The van der Waals surface area contributed by atoms with Crippen LogP contribution >= 0.6 is 34.3 Å². The van der Waals surface area contributed by atoms with E-state index in [4.69, 9.17) is 31.0 Å². The summed E-state index contributed by atoms with van der Waals surface area (Å²) in [5, 5.41) is 14.5. The first-order valence-electron chi connectivity index (χ1n) is 26.7. The normalized spacial score (nSPS) is 10.8. The van der Waals surface area contributed by atoms with E-state index >= 15 is 0 Å². The van der Waals surface area contributed by atoms with Gasteiger partial charge in [0.1, 0.15) is 39.7 Å². The quantitative estimate of drug-likeness (QED) is 0.1000. The van der Waals surface area contributed by atoms with Crippen molar-refractivity contribution in [1.82, 2.24) is 28.7 Å². The summed E-state index contributed by atoms with van der Waals surface area (Å²) in [6.07, 6.45) is 2.16. The lowest BCUT2D eigenvalue weighted by Gasteiger charge is -2.17. The van der Waals surface area contributed by atoms with E-state index in [9.17, 15) is 19.5 Å². The zero-order valence-corrected chi connectivity index (χ0v) is 48.6. The maximum absolute atomic E-state index is 13.6. The van der Waals surface area contributed by atoms with Gasteiger partial charge in [-0.1, -0.05) is 151 Å². The number of thiophene rings is 2. The van der Waals surface area contributed by atoms with Gasteiger partial charge in [0.25, 0.3) is 16.7 Å². The second-order valence-corrected chi connectivity index (χ2v) is 21.3. The van der Waals surface area contributed by atoms with Crippen LogP contribution in [-0.2, 0) is 38.9 Å². The number of ether oxygens (including phenoxy) is 2. The first-order valence-corrected chi connectivity index (χ1v) is 28.8. The molecule has 1 N–H and O–H groups in total. The Morgan fingerprint density at radius 1 is 0.427 bits per heavy atom. The minimum absolute atomic E-state index is 0.0169. The number of nitrogens with zero attached hydrogens (tertiary/aromatic N) is 6. The van der Waals surface area contributed by atoms with Gasteiger partial charge in [0.15, 0.2) is 0 Å². The first-order chi connectivity index (χ1) is 39.9. The highest BCUT2D eigenvalue weighted by Gasteiger charge is 2.22. The van der Waals surface area contributed by atoms with Crippen LogP contribution in [0.2, 0.25) is 5.02 Å². The molecule has 0 saturated heterocycles. The Bertz CT molecular complexity index is 4090. The molecule has 0 spiro atoms. The van der Waals surface area contributed by atoms with Gasteiger partial charge in [0.2, 0.25) is 0 Å². The molecule has 12 nitrogen and oxygen atoms in total. The van der Waals surface area contributed by atoms with Gasteiger partial charge in [-0.15, -0.1) is 22.7 Å². The highest BCUT2D eigenvalue weighted by molar-refractivity contribution is 7.13. The maximum atomic E-state index is 13.6. The molecule has 0 saturated carbocycles. The van der Waals surface area contributed by atoms with Crippen LogP contribution in [0.25, 0.3) is 55.0 Å². The fourth-order valence-electron chi connectivity index (χ4n) is 9.59. The molecule has 6 aromatic carbocycles. The van der Waals surface area contributed by atoms with Crippen molar-refractivity contribution >= 4 is 34.3 Å². The van der Waals surface area contributed by atoms with E-state index in [2.05, 4.69) is 17.1 Å². The van der Waals surface area contributed by atoms with Crippen LogP contribution in [0.5, 0.6) is 17.2 Å². The molecule has 11 rings (SSSR count). The van der Waals surface area contributed by atoms with Gasteiger partial charge < -0.3 is 14.6 Å². The van der Waals surface area contributed by atoms with Gasteiger partial charge in [0, 0.05) is 29.4 Å². The Hall–Kier alpha value is -8.95. The number of methoxy groups -OCH3 is 2. The molecule has 11 aromatic rings. The van der Waals surface area contributed by atoms with E-state index in [0.29, 0.717) is 89.5 Å². The molecule has 0 bridgehead atoms. The third-order valence-corrected chi connectivity index (χ3v) is 16.0. The van der Waals surface area contributed by atoms with Gasteiger partial charge >= 0.3 is 0 Å². The van der Waals surface area contributed by atoms with Crippen molar-refractivity contribution in [2.75, 3.05) is 14.2 Å². The minimum Gasteiger partial charge on any atom is -0.507 e. The van der Waals surface area contributed by atoms with Crippen molar-refractivity contribution < 1.29 is 14.6 Å². The topological polar surface area (TPSA) is 143 Å². The molecule has 0 atom stereocenters. The largest absolute Gasteiger partial charge is 0.507 e. The van der Waals surface area contributed by atoms with Crippen molar-refractivity contribution in [3.05, 3.63) is 269 Å². The molecule has 15 heteroatoms. The predicted octanol–water partition coefficient (Wildman–Crippen LogP) is 14.2. The van der Waals surface area contributed by atoms with Crippen molar-refractivity contribution in [3.8, 4) is 72.3 Å². The summed E-state index contributed by atoms with van der Waals surface area (Å²) >= 11 is 9.26. The lowest BCUT2D eigenvalue weighted by Crippen LogP contribution is -2.27. The molecule has 0 fully saturated rings. The van der Waals surface area contributed by atoms with Crippen molar-refractivity contribution in [2.45, 2.75) is 59.7 Å². The number of halogens is 1. The van der Waals surface area contributed by atoms with E-state index in [1.807, 2.05) is 182 Å². The Balaban J connectivity index is 0.000000149. The summed E-state index contributed by atoms with van der Waals surface area (Å²) in [4.78, 5) is 55.9. The number of aromatic hydroxyl groups is 1. The molecule has 0 unspecified atom stereocenters. The standard InChI is InChI=1S/C24H22N2O2S.C23H20N2O2S.C20H19ClN2O2/c1-17-22(21-13-8-16-29-21)24(27)26(15-14-18-9-4-3-5-10-18)23(25-17)19-11-6-7-12-20(19)28-2;1-16-21(20-12-7-15-28-20)23(27)25(14-13-17-8-3-2-4-9-17)22(24-16)18-10-5-6-11-19(18)26;1-14-18(21)20(24)23(13-12-15-8-4-3-5-9-15)19(22-14)16-10-6-7-11-17(16)25-2/h3-13,16H,14-15H2,1-2H3;2-12,15,26H,13-14H2,1H3;3-11H,12-13H2,1-2H3. The Morgan fingerprint density at radius 3 is 1.15 bits per heavy atom. The molecule has 0 aliphatic rings. The van der Waals surface area contributed by atoms with E-state index in [1.54, 1.807) is 64.4 Å². The molecule has 414 valence electrons. The Labute approximate surface area is 489 Å². The van der Waals surface area contributed by atoms with Crippen molar-refractivity contribution in [3.63, 3.8) is 0 Å². The molecular weight excluding hydrogens is 1080 g/mol. The van der Waals surface area contributed by atoms with Gasteiger partial charge in [0.05, 0.1) is 59.1 Å². The second-order valence-electron chi connectivity index (χ2n) is 19.1. The van der Waals surface area contributed by atoms with E-state index in [1.165, 1.54) is 16.9 Å². The number of hydrogen-bond acceptors (Lipinski definition) is 11. The summed E-state index contributed by atoms with van der Waals surface area (Å²) in [6, 6.07) is 60.3. The highest BCUT2D eigenvalue weighted by Crippen LogP contribution is 2.33. The number of aromatic nitrogens is 6. The van der Waals surface area contributed by atoms with Gasteiger partial charge in [-0.05, 0) is 116 Å². The zero-order valence-electron chi connectivity index (χ0n) is 46.2. The molecule has 5 aromatic heterocycles. The maximum Gasteiger partial charge on any atom is 0.272 e. The number of aryl methyl sites for hydroxylation is 6. The number of rotatable bonds is 16. The van der Waals surface area contributed by atoms with E-state index in [0.717, 1.165) is 44.1 Å². The third-order valence-electron chi connectivity index (χ3n) is 13.8. The monoisotopic (exact) mass is 1140 g/mol. The summed E-state index contributed by atoms with van der Waals surface area (Å²) in [5.74, 6) is 3.20. The fraction of sp³-hybridized carbons (Fsp3) is 0.164. The van der Waals surface area contributed by atoms with Crippen LogP contribution in [-0.4, -0.2) is 48.0 Å². The van der Waals surface area contributed by atoms with Crippen LogP contribution in [0.15, 0.2) is 213 Å². The number of phenolic OH excluding ortho intramolecular Hbond substituents is 1. The van der Waals surface area contributed by atoms with Crippen LogP contribution in [0.3, 0.4) is 0 Å². The first kappa shape index (κ1) is 57.7. The molecule has 0 aliphatic heterocycles. The molecule has 0 aliphatic carbocycles. The summed E-state index contributed by atoms with van der Waals surface area (Å²) in [6.45, 7) is 7.01. The smallest absolute Gasteiger partial charge is 0.272 e. The SMILES string of the molecule is COc1ccccc1-c1nc(C)c(-c2cccs2)c(=O)n1CCc1ccccc1.COc1ccccc1-c1nc(C)c(Cl)c(=O)n1CCc1ccccc1.Cc1nc(-c2ccccc2O)n(CCc2ccccc2)c(=O)c1-c1cccs1. The molecule has 0 radical (unpaired) electrons. The summed E-state index contributed by atoms with van der Waals surface area (Å²) in [5.41, 5.74) is 8.53. The van der Waals surface area contributed by atoms with Crippen LogP contribution in [0.1, 0.15) is 33.8 Å². The zero-order chi connectivity index (χ0) is 57.5. The minimum atomic E-state index is -0.231. The number of hydrogen-bond donors (Lipinski definition) is 1. The number of phenols is 1. The van der Waals surface area contributed by atoms with E-state index in [-0.39, 0.29) is 27.4 Å². The average Bonchev–Trinajstić information content (AvgIpc) is 4.38. The summed E-state index contributed by atoms with van der Waals surface area (Å²) < 4.78 is 16.1. The lowest BCUT2D eigenvalue weighted by atomic mass is 10.1. The Morgan fingerprint density at radius 2 is 0.768 bits per heavy atom. The van der Waals surface area contributed by atoms with Crippen molar-refractivity contribution in [1.29, 1.82) is 0 Å². The van der Waals surface area contributed by atoms with Crippen LogP contribution in [0.4, 0.5) is 0 Å². The van der Waals surface area contributed by atoms with Gasteiger partial charge in [-0.3, -0.25) is 28.1 Å². The number of para-hydroxylation sites is 3. The van der Waals surface area contributed by atoms with E-state index < -0.39 is 0 Å². The second kappa shape index (κ2) is 27.5. The molecule has 5 heterocycles. The molecule has 0 amide bonds. The average molecular weight is 1150 g/mol. The summed E-state index contributed by atoms with van der Waals surface area (Å²) in [7, 11) is 3.24. The Kier molecular flexibility index (Phi) is 19.3. The van der Waals surface area contributed by atoms with Gasteiger partial charge in [-0.2, -0.15) is 0 Å². The van der Waals surface area contributed by atoms with Crippen LogP contribution < -0.4 is 26.2 Å². The fourth-order valence-corrected chi connectivity index (χ4v) is 11.4. The third kappa shape index (κ3) is 13.4. The van der Waals surface area contributed by atoms with Crippen LogP contribution in [0, 0.1) is 20.8 Å². The van der Waals surface area contributed by atoms with Crippen molar-refractivity contribution in [2.24, 2.45) is 0 Å². The molecule has 82 heavy (non-hydrogen) atoms.